The molecule has 62 valence electrons. The quantitative estimate of drug-likeness (QED) is 0.675. The number of rotatable bonds is 1. The number of hydrogen-bond donors (Lipinski definition) is 1. The van der Waals surface area contributed by atoms with E-state index in [4.69, 9.17) is 10.00 Å². The lowest BCUT2D eigenvalue weighted by Gasteiger charge is -2.04. The van der Waals surface area contributed by atoms with Crippen molar-refractivity contribution < 1.29 is 9.13 Å². The maximum absolute atomic E-state index is 12.9. The van der Waals surface area contributed by atoms with E-state index in [1.165, 1.54) is 19.2 Å². The maximum atomic E-state index is 12.9. The summed E-state index contributed by atoms with van der Waals surface area (Å²) in [7, 11) is 1.31. The van der Waals surface area contributed by atoms with Gasteiger partial charge in [-0.3, -0.25) is 0 Å². The molecule has 0 aliphatic heterocycles. The van der Waals surface area contributed by atoms with Crippen LogP contribution in [0.5, 0.6) is 5.75 Å². The highest BCUT2D eigenvalue weighted by Crippen LogP contribution is 2.26. The predicted octanol–water partition coefficient (Wildman–Crippen LogP) is 1.99. The van der Waals surface area contributed by atoms with Crippen molar-refractivity contribution in [1.82, 2.24) is 0 Å². The van der Waals surface area contributed by atoms with Crippen molar-refractivity contribution in [1.29, 1.82) is 5.26 Å². The van der Waals surface area contributed by atoms with Crippen LogP contribution in [0.1, 0.15) is 5.56 Å². The Hall–Kier alpha value is -1.21. The molecule has 4 heteroatoms. The Labute approximate surface area is 75.0 Å². The molecule has 0 radical (unpaired) electrons. The molecule has 1 aromatic rings. The number of halogens is 1. The zero-order valence-electron chi connectivity index (χ0n) is 6.34. The standard InChI is InChI=1S/C8H6FNOS/c1-11-8-5(4-10)7(12)3-2-6(8)9/h2-3,12H,1H3. The number of thiol groups is 1. The van der Waals surface area contributed by atoms with Crippen LogP contribution in [-0.2, 0) is 0 Å². The number of methoxy groups -OCH3 is 1. The molecule has 0 saturated heterocycles. The van der Waals surface area contributed by atoms with Gasteiger partial charge < -0.3 is 4.74 Å². The summed E-state index contributed by atoms with van der Waals surface area (Å²) in [5, 5.41) is 8.61. The van der Waals surface area contributed by atoms with Gasteiger partial charge in [0.15, 0.2) is 11.6 Å². The van der Waals surface area contributed by atoms with Crippen LogP contribution in [0.15, 0.2) is 17.0 Å². The Kier molecular flexibility index (Phi) is 2.56. The van der Waals surface area contributed by atoms with Crippen molar-refractivity contribution in [3.63, 3.8) is 0 Å². The highest BCUT2D eigenvalue weighted by atomic mass is 32.1. The van der Waals surface area contributed by atoms with E-state index in [0.717, 1.165) is 0 Å². The summed E-state index contributed by atoms with van der Waals surface area (Å²) in [5.41, 5.74) is 0.126. The smallest absolute Gasteiger partial charge is 0.173 e. The van der Waals surface area contributed by atoms with E-state index in [1.807, 2.05) is 6.07 Å². The Balaban J connectivity index is 3.41. The molecule has 0 fully saturated rings. The maximum Gasteiger partial charge on any atom is 0.173 e. The minimum absolute atomic E-state index is 0.0509. The number of benzene rings is 1. The summed E-state index contributed by atoms with van der Waals surface area (Å²) in [6.45, 7) is 0. The molecule has 0 N–H and O–H groups in total. The van der Waals surface area contributed by atoms with E-state index < -0.39 is 5.82 Å². The van der Waals surface area contributed by atoms with Gasteiger partial charge in [-0.25, -0.2) is 4.39 Å². The second kappa shape index (κ2) is 3.46. The Morgan fingerprint density at radius 1 is 1.58 bits per heavy atom. The fourth-order valence-electron chi connectivity index (χ4n) is 0.854. The fraction of sp³-hybridized carbons (Fsp3) is 0.125. The molecular formula is C8H6FNOS. The van der Waals surface area contributed by atoms with Gasteiger partial charge in [0.1, 0.15) is 11.6 Å². The van der Waals surface area contributed by atoms with Crippen molar-refractivity contribution in [2.24, 2.45) is 0 Å². The van der Waals surface area contributed by atoms with E-state index in [9.17, 15) is 4.39 Å². The lowest BCUT2D eigenvalue weighted by atomic mass is 10.2. The van der Waals surface area contributed by atoms with Gasteiger partial charge in [0, 0.05) is 4.90 Å². The van der Waals surface area contributed by atoms with Crippen molar-refractivity contribution in [3.8, 4) is 11.8 Å². The lowest BCUT2D eigenvalue weighted by Crippen LogP contribution is -1.92. The second-order valence-electron chi connectivity index (χ2n) is 2.09. The molecule has 0 heterocycles. The summed E-state index contributed by atoms with van der Waals surface area (Å²) in [6.07, 6.45) is 0. The van der Waals surface area contributed by atoms with Crippen LogP contribution in [0.2, 0.25) is 0 Å². The molecule has 0 atom stereocenters. The normalized spacial score (nSPS) is 9.17. The van der Waals surface area contributed by atoms with E-state index in [0.29, 0.717) is 4.90 Å². The van der Waals surface area contributed by atoms with E-state index in [2.05, 4.69) is 12.6 Å². The van der Waals surface area contributed by atoms with Gasteiger partial charge in [-0.15, -0.1) is 12.6 Å². The Morgan fingerprint density at radius 2 is 2.25 bits per heavy atom. The molecule has 0 unspecified atom stereocenters. The molecule has 0 spiro atoms. The third-order valence-corrected chi connectivity index (χ3v) is 1.78. The van der Waals surface area contributed by atoms with E-state index in [1.54, 1.807) is 0 Å². The molecule has 0 saturated carbocycles. The first-order chi connectivity index (χ1) is 5.70. The van der Waals surface area contributed by atoms with Gasteiger partial charge in [-0.1, -0.05) is 0 Å². The summed E-state index contributed by atoms with van der Waals surface area (Å²) in [6, 6.07) is 4.44. The van der Waals surface area contributed by atoms with Gasteiger partial charge in [-0.05, 0) is 12.1 Å². The van der Waals surface area contributed by atoms with E-state index in [-0.39, 0.29) is 11.3 Å². The van der Waals surface area contributed by atoms with Crippen molar-refractivity contribution in [2.75, 3.05) is 7.11 Å². The number of ether oxygens (including phenoxy) is 1. The lowest BCUT2D eigenvalue weighted by molar-refractivity contribution is 0.384. The van der Waals surface area contributed by atoms with Crippen LogP contribution in [0.4, 0.5) is 4.39 Å². The minimum Gasteiger partial charge on any atom is -0.492 e. The van der Waals surface area contributed by atoms with Gasteiger partial charge in [0.05, 0.1) is 7.11 Å². The average molecular weight is 183 g/mol. The summed E-state index contributed by atoms with van der Waals surface area (Å²) < 4.78 is 17.6. The average Bonchev–Trinajstić information content (AvgIpc) is 2.08. The molecule has 0 amide bonds. The monoisotopic (exact) mass is 183 g/mol. The summed E-state index contributed by atoms with van der Waals surface area (Å²) in [5.74, 6) is -0.600. The largest absolute Gasteiger partial charge is 0.492 e. The van der Waals surface area contributed by atoms with Crippen LogP contribution in [0, 0.1) is 17.1 Å². The van der Waals surface area contributed by atoms with Gasteiger partial charge in [0.25, 0.3) is 0 Å². The van der Waals surface area contributed by atoms with Crippen LogP contribution >= 0.6 is 12.6 Å². The molecule has 12 heavy (non-hydrogen) atoms. The van der Waals surface area contributed by atoms with Crippen LogP contribution in [0.3, 0.4) is 0 Å². The zero-order valence-corrected chi connectivity index (χ0v) is 7.23. The van der Waals surface area contributed by atoms with Crippen LogP contribution in [-0.4, -0.2) is 7.11 Å². The Morgan fingerprint density at radius 3 is 2.67 bits per heavy atom. The van der Waals surface area contributed by atoms with Gasteiger partial charge in [0.2, 0.25) is 0 Å². The highest BCUT2D eigenvalue weighted by Gasteiger charge is 2.11. The number of hydrogen-bond acceptors (Lipinski definition) is 3. The molecular weight excluding hydrogens is 177 g/mol. The van der Waals surface area contributed by atoms with Crippen LogP contribution < -0.4 is 4.74 Å². The number of nitriles is 1. The molecule has 2 nitrogen and oxygen atoms in total. The Bertz CT molecular complexity index is 346. The second-order valence-corrected chi connectivity index (χ2v) is 2.57. The first-order valence-corrected chi connectivity index (χ1v) is 3.61. The van der Waals surface area contributed by atoms with Crippen molar-refractivity contribution >= 4 is 12.6 Å². The predicted molar refractivity (Wildman–Crippen MR) is 44.9 cm³/mol. The van der Waals surface area contributed by atoms with E-state index >= 15 is 0 Å². The molecule has 1 rings (SSSR count). The van der Waals surface area contributed by atoms with Gasteiger partial charge in [-0.2, -0.15) is 5.26 Å². The number of nitrogens with zero attached hydrogens (tertiary/aromatic N) is 1. The van der Waals surface area contributed by atoms with Crippen LogP contribution in [0.25, 0.3) is 0 Å². The molecule has 1 aromatic carbocycles. The third-order valence-electron chi connectivity index (χ3n) is 1.40. The molecule has 0 aliphatic rings. The summed E-state index contributed by atoms with van der Waals surface area (Å²) >= 11 is 3.98. The third kappa shape index (κ3) is 1.36. The zero-order chi connectivity index (χ0) is 9.14. The van der Waals surface area contributed by atoms with Crippen molar-refractivity contribution in [3.05, 3.63) is 23.5 Å². The summed E-state index contributed by atoms with van der Waals surface area (Å²) in [4.78, 5) is 0.413. The fourth-order valence-corrected chi connectivity index (χ4v) is 1.08. The first kappa shape index (κ1) is 8.88. The highest BCUT2D eigenvalue weighted by molar-refractivity contribution is 7.80. The topological polar surface area (TPSA) is 33.0 Å². The van der Waals surface area contributed by atoms with Gasteiger partial charge >= 0.3 is 0 Å². The molecule has 0 bridgehead atoms. The molecule has 0 aliphatic carbocycles. The SMILES string of the molecule is COc1c(F)ccc(S)c1C#N. The first-order valence-electron chi connectivity index (χ1n) is 3.16. The molecule has 0 aromatic heterocycles. The van der Waals surface area contributed by atoms with Crippen molar-refractivity contribution in [2.45, 2.75) is 4.90 Å². The minimum atomic E-state index is -0.549.